The highest BCUT2D eigenvalue weighted by atomic mass is 35.5. The van der Waals surface area contributed by atoms with E-state index >= 15 is 0 Å². The van der Waals surface area contributed by atoms with E-state index in [1.165, 1.54) is 0 Å². The Kier molecular flexibility index (Phi) is 6.71. The van der Waals surface area contributed by atoms with E-state index in [4.69, 9.17) is 21.6 Å². The monoisotopic (exact) mass is 338 g/mol. The van der Waals surface area contributed by atoms with Gasteiger partial charge in [-0.05, 0) is 23.8 Å². The molecule has 0 saturated carbocycles. The zero-order valence-electron chi connectivity index (χ0n) is 12.9. The van der Waals surface area contributed by atoms with E-state index in [1.54, 1.807) is 18.2 Å². The molecule has 5 heteroatoms. The number of benzene rings is 2. The van der Waals surface area contributed by atoms with Crippen LogP contribution in [0.25, 0.3) is 0 Å². The van der Waals surface area contributed by atoms with E-state index in [1.807, 2.05) is 36.4 Å². The second-order valence-electron chi connectivity index (χ2n) is 4.85. The van der Waals surface area contributed by atoms with Crippen LogP contribution >= 0.6 is 11.6 Å². The molecular formula is C19H15ClN2O2. The van der Waals surface area contributed by atoms with Crippen molar-refractivity contribution in [3.8, 4) is 17.9 Å². The molecule has 0 spiro atoms. The lowest BCUT2D eigenvalue weighted by Gasteiger charge is -2.05. The fourth-order valence-corrected chi connectivity index (χ4v) is 2.01. The smallest absolute Gasteiger partial charge is 0.407 e. The van der Waals surface area contributed by atoms with Crippen molar-refractivity contribution in [1.82, 2.24) is 5.32 Å². The van der Waals surface area contributed by atoms with Crippen LogP contribution in [0.4, 0.5) is 4.79 Å². The number of hydrogen-bond acceptors (Lipinski definition) is 3. The molecule has 0 saturated heterocycles. The maximum absolute atomic E-state index is 11.5. The van der Waals surface area contributed by atoms with Crippen LogP contribution in [-0.2, 0) is 11.3 Å². The minimum atomic E-state index is -0.481. The third kappa shape index (κ3) is 5.68. The summed E-state index contributed by atoms with van der Waals surface area (Å²) in [4.78, 5) is 11.5. The summed E-state index contributed by atoms with van der Waals surface area (Å²) in [6.07, 6.45) is -0.0294. The van der Waals surface area contributed by atoms with Crippen molar-refractivity contribution >= 4 is 17.7 Å². The normalized spacial score (nSPS) is 9.33. The zero-order valence-corrected chi connectivity index (χ0v) is 13.6. The SMILES string of the molecule is N#Cc1ccc(Cl)c(C#CCCNC(=O)OCc2ccccc2)c1. The second-order valence-corrected chi connectivity index (χ2v) is 5.25. The van der Waals surface area contributed by atoms with Gasteiger partial charge in [-0.25, -0.2) is 4.79 Å². The molecule has 0 bridgehead atoms. The number of hydrogen-bond donors (Lipinski definition) is 1. The van der Waals surface area contributed by atoms with Gasteiger partial charge in [-0.3, -0.25) is 0 Å². The first-order chi connectivity index (χ1) is 11.7. The van der Waals surface area contributed by atoms with E-state index in [2.05, 4.69) is 17.2 Å². The first-order valence-electron chi connectivity index (χ1n) is 7.32. The third-order valence-corrected chi connectivity index (χ3v) is 3.38. The van der Waals surface area contributed by atoms with E-state index < -0.39 is 6.09 Å². The molecule has 0 heterocycles. The van der Waals surface area contributed by atoms with E-state index in [0.29, 0.717) is 29.1 Å². The van der Waals surface area contributed by atoms with Crippen LogP contribution in [0.15, 0.2) is 48.5 Å². The molecule has 4 nitrogen and oxygen atoms in total. The number of nitrogens with zero attached hydrogens (tertiary/aromatic N) is 1. The molecule has 1 amide bonds. The summed E-state index contributed by atoms with van der Waals surface area (Å²) in [7, 11) is 0. The van der Waals surface area contributed by atoms with Crippen molar-refractivity contribution in [2.24, 2.45) is 0 Å². The third-order valence-electron chi connectivity index (χ3n) is 3.05. The Labute approximate surface area is 146 Å². The van der Waals surface area contributed by atoms with E-state index in [0.717, 1.165) is 5.56 Å². The van der Waals surface area contributed by atoms with Crippen LogP contribution in [0, 0.1) is 23.2 Å². The summed E-state index contributed by atoms with van der Waals surface area (Å²) < 4.78 is 5.09. The van der Waals surface area contributed by atoms with Gasteiger partial charge in [-0.2, -0.15) is 5.26 Å². The number of rotatable bonds is 4. The highest BCUT2D eigenvalue weighted by molar-refractivity contribution is 6.31. The van der Waals surface area contributed by atoms with Gasteiger partial charge in [-0.1, -0.05) is 53.8 Å². The maximum atomic E-state index is 11.5. The Morgan fingerprint density at radius 2 is 2.00 bits per heavy atom. The summed E-state index contributed by atoms with van der Waals surface area (Å²) in [5.74, 6) is 5.80. The summed E-state index contributed by atoms with van der Waals surface area (Å²) in [6.45, 7) is 0.602. The van der Waals surface area contributed by atoms with Gasteiger partial charge in [0, 0.05) is 18.5 Å². The highest BCUT2D eigenvalue weighted by Crippen LogP contribution is 2.16. The Morgan fingerprint density at radius 1 is 1.21 bits per heavy atom. The number of alkyl carbamates (subject to hydrolysis) is 1. The molecule has 0 aliphatic heterocycles. The van der Waals surface area contributed by atoms with Crippen LogP contribution in [0.2, 0.25) is 5.02 Å². The molecule has 0 aliphatic rings. The number of carbonyl (C=O) groups excluding carboxylic acids is 1. The first kappa shape index (κ1) is 17.4. The van der Waals surface area contributed by atoms with Crippen molar-refractivity contribution in [1.29, 1.82) is 5.26 Å². The molecule has 0 unspecified atom stereocenters. The van der Waals surface area contributed by atoms with Crippen LogP contribution in [0.3, 0.4) is 0 Å². The quantitative estimate of drug-likeness (QED) is 0.679. The Hall–Kier alpha value is -2.95. The average molecular weight is 339 g/mol. The minimum absolute atomic E-state index is 0.231. The number of ether oxygens (including phenoxy) is 1. The van der Waals surface area contributed by atoms with E-state index in [-0.39, 0.29) is 6.61 Å². The molecule has 1 N–H and O–H groups in total. The molecule has 0 aliphatic carbocycles. The molecule has 120 valence electrons. The first-order valence-corrected chi connectivity index (χ1v) is 7.70. The van der Waals surface area contributed by atoms with Gasteiger partial charge in [0.1, 0.15) is 6.61 Å². The predicted octanol–water partition coefficient (Wildman–Crippen LogP) is 3.88. The molecular weight excluding hydrogens is 324 g/mol. The largest absolute Gasteiger partial charge is 0.445 e. The molecule has 0 fully saturated rings. The fraction of sp³-hybridized carbons (Fsp3) is 0.158. The topological polar surface area (TPSA) is 62.1 Å². The average Bonchev–Trinajstić information content (AvgIpc) is 2.62. The summed E-state index contributed by atoms with van der Waals surface area (Å²) in [5, 5.41) is 12.0. The van der Waals surface area contributed by atoms with E-state index in [9.17, 15) is 4.79 Å². The van der Waals surface area contributed by atoms with Crippen LogP contribution in [-0.4, -0.2) is 12.6 Å². The Bertz CT molecular complexity index is 802. The zero-order chi connectivity index (χ0) is 17.2. The number of amides is 1. The highest BCUT2D eigenvalue weighted by Gasteiger charge is 2.01. The Balaban J connectivity index is 1.73. The van der Waals surface area contributed by atoms with Gasteiger partial charge in [0.15, 0.2) is 0 Å². The van der Waals surface area contributed by atoms with Gasteiger partial charge in [-0.15, -0.1) is 0 Å². The lowest BCUT2D eigenvalue weighted by Crippen LogP contribution is -2.24. The van der Waals surface area contributed by atoms with Gasteiger partial charge in [0.05, 0.1) is 16.7 Å². The number of nitriles is 1. The lowest BCUT2D eigenvalue weighted by atomic mass is 10.1. The van der Waals surface area contributed by atoms with Gasteiger partial charge in [0.2, 0.25) is 0 Å². The van der Waals surface area contributed by atoms with Crippen molar-refractivity contribution < 1.29 is 9.53 Å². The minimum Gasteiger partial charge on any atom is -0.445 e. The van der Waals surface area contributed by atoms with Crippen LogP contribution in [0.1, 0.15) is 23.1 Å². The molecule has 24 heavy (non-hydrogen) atoms. The van der Waals surface area contributed by atoms with Crippen LogP contribution < -0.4 is 5.32 Å². The van der Waals surface area contributed by atoms with Crippen molar-refractivity contribution in [2.45, 2.75) is 13.0 Å². The number of halogens is 1. The standard InChI is InChI=1S/C19H15ClN2O2/c20-18-10-9-16(13-21)12-17(18)8-4-5-11-22-19(23)24-14-15-6-2-1-3-7-15/h1-3,6-7,9-10,12H,5,11,14H2,(H,22,23). The fourth-order valence-electron chi connectivity index (χ4n) is 1.85. The predicted molar refractivity (Wildman–Crippen MR) is 92.3 cm³/mol. The Morgan fingerprint density at radius 3 is 2.75 bits per heavy atom. The molecule has 0 radical (unpaired) electrons. The summed E-state index contributed by atoms with van der Waals surface area (Å²) in [5.41, 5.74) is 2.04. The molecule has 2 aromatic rings. The summed E-state index contributed by atoms with van der Waals surface area (Å²) >= 11 is 6.01. The van der Waals surface area contributed by atoms with Crippen molar-refractivity contribution in [3.05, 3.63) is 70.2 Å². The molecule has 0 atom stereocenters. The van der Waals surface area contributed by atoms with Crippen molar-refractivity contribution in [3.63, 3.8) is 0 Å². The molecule has 2 aromatic carbocycles. The second kappa shape index (κ2) is 9.25. The molecule has 2 rings (SSSR count). The van der Waals surface area contributed by atoms with Gasteiger partial charge < -0.3 is 10.1 Å². The molecule has 0 aromatic heterocycles. The van der Waals surface area contributed by atoms with Gasteiger partial charge >= 0.3 is 6.09 Å². The maximum Gasteiger partial charge on any atom is 0.407 e. The number of carbonyl (C=O) groups is 1. The lowest BCUT2D eigenvalue weighted by molar-refractivity contribution is 0.140. The van der Waals surface area contributed by atoms with Crippen LogP contribution in [0.5, 0.6) is 0 Å². The van der Waals surface area contributed by atoms with Gasteiger partial charge in [0.25, 0.3) is 0 Å². The number of nitrogens with one attached hydrogen (secondary N) is 1. The van der Waals surface area contributed by atoms with Crippen molar-refractivity contribution in [2.75, 3.05) is 6.54 Å². The summed E-state index contributed by atoms with van der Waals surface area (Å²) in [6, 6.07) is 16.4.